The molecule has 0 aliphatic rings. The van der Waals surface area contributed by atoms with Crippen molar-refractivity contribution in [2.75, 3.05) is 7.11 Å². The molecule has 4 heteroatoms. The van der Waals surface area contributed by atoms with Crippen LogP contribution in [0.2, 0.25) is 0 Å². The summed E-state index contributed by atoms with van der Waals surface area (Å²) in [6, 6.07) is 27.6. The van der Waals surface area contributed by atoms with Crippen LogP contribution in [0.15, 0.2) is 101 Å². The second-order valence-electron chi connectivity index (χ2n) is 7.19. The van der Waals surface area contributed by atoms with E-state index in [0.717, 1.165) is 42.8 Å². The Morgan fingerprint density at radius 2 is 1.58 bits per heavy atom. The molecule has 0 aliphatic carbocycles. The predicted molar refractivity (Wildman–Crippen MR) is 126 cm³/mol. The van der Waals surface area contributed by atoms with Gasteiger partial charge in [-0.1, -0.05) is 72.3 Å². The molecule has 0 N–H and O–H groups in total. The van der Waals surface area contributed by atoms with Gasteiger partial charge in [-0.25, -0.2) is 9.00 Å². The Labute approximate surface area is 184 Å². The van der Waals surface area contributed by atoms with Gasteiger partial charge >= 0.3 is 5.97 Å². The summed E-state index contributed by atoms with van der Waals surface area (Å²) in [6.07, 6.45) is 3.16. The maximum atomic E-state index is 13.5. The van der Waals surface area contributed by atoms with Gasteiger partial charge in [0.15, 0.2) is 0 Å². The number of rotatable bonds is 5. The third-order valence-electron chi connectivity index (χ3n) is 5.15. The van der Waals surface area contributed by atoms with Crippen LogP contribution in [-0.4, -0.2) is 17.3 Å². The van der Waals surface area contributed by atoms with Crippen molar-refractivity contribution in [2.24, 2.45) is 0 Å². The van der Waals surface area contributed by atoms with E-state index in [0.29, 0.717) is 0 Å². The molecule has 0 fully saturated rings. The Kier molecular flexibility index (Phi) is 6.10. The smallest absolute Gasteiger partial charge is 0.330 e. The summed E-state index contributed by atoms with van der Waals surface area (Å²) in [5, 5.41) is 2.10. The second-order valence-corrected chi connectivity index (χ2v) is 8.63. The van der Waals surface area contributed by atoms with E-state index >= 15 is 0 Å². The van der Waals surface area contributed by atoms with Gasteiger partial charge in [-0.05, 0) is 58.7 Å². The van der Waals surface area contributed by atoms with E-state index in [1.165, 1.54) is 13.2 Å². The normalized spacial score (nSPS) is 12.2. The lowest BCUT2D eigenvalue weighted by molar-refractivity contribution is -0.134. The molecule has 0 radical (unpaired) electrons. The van der Waals surface area contributed by atoms with E-state index in [1.807, 2.05) is 91.9 Å². The Morgan fingerprint density at radius 1 is 0.871 bits per heavy atom. The van der Waals surface area contributed by atoms with Crippen molar-refractivity contribution in [3.8, 4) is 11.1 Å². The highest BCUT2D eigenvalue weighted by atomic mass is 32.2. The fourth-order valence-electron chi connectivity index (χ4n) is 3.58. The Balaban J connectivity index is 1.95. The highest BCUT2D eigenvalue weighted by Crippen LogP contribution is 2.37. The average Bonchev–Trinajstić information content (AvgIpc) is 2.82. The van der Waals surface area contributed by atoms with Gasteiger partial charge in [0.25, 0.3) is 0 Å². The van der Waals surface area contributed by atoms with Gasteiger partial charge in [0.1, 0.15) is 0 Å². The summed E-state index contributed by atoms with van der Waals surface area (Å²) in [4.78, 5) is 13.2. The zero-order valence-electron chi connectivity index (χ0n) is 17.4. The van der Waals surface area contributed by atoms with Crippen LogP contribution in [0.3, 0.4) is 0 Å². The molecular formula is C27H22O3S. The largest absolute Gasteiger partial charge is 0.466 e. The van der Waals surface area contributed by atoms with Crippen LogP contribution < -0.4 is 0 Å². The number of carbonyl (C=O) groups excluding carboxylic acids is 1. The lowest BCUT2D eigenvalue weighted by Gasteiger charge is -2.15. The van der Waals surface area contributed by atoms with E-state index in [9.17, 15) is 9.00 Å². The van der Waals surface area contributed by atoms with Crippen LogP contribution in [-0.2, 0) is 20.3 Å². The molecule has 0 saturated carbocycles. The standard InChI is InChI=1S/C27H22O3S/c1-19-11-16-22(17-12-19)31(29)25-10-6-5-9-24(25)27-21(15-18-26(28)30-2)14-13-20-7-3-4-8-23(20)27/h3-18H,1-2H3/b18-15+/t31-/m0/s1. The van der Waals surface area contributed by atoms with Crippen LogP contribution in [0, 0.1) is 6.92 Å². The van der Waals surface area contributed by atoms with E-state index in [-0.39, 0.29) is 0 Å². The van der Waals surface area contributed by atoms with Crippen molar-refractivity contribution >= 4 is 33.6 Å². The summed E-state index contributed by atoms with van der Waals surface area (Å²) in [5.41, 5.74) is 3.80. The Morgan fingerprint density at radius 3 is 2.35 bits per heavy atom. The van der Waals surface area contributed by atoms with Crippen molar-refractivity contribution in [3.05, 3.63) is 102 Å². The molecule has 0 amide bonds. The molecule has 154 valence electrons. The van der Waals surface area contributed by atoms with E-state index < -0.39 is 16.8 Å². The number of hydrogen-bond donors (Lipinski definition) is 0. The third-order valence-corrected chi connectivity index (χ3v) is 6.61. The van der Waals surface area contributed by atoms with Gasteiger partial charge in [-0.2, -0.15) is 0 Å². The van der Waals surface area contributed by atoms with E-state index in [1.54, 1.807) is 6.08 Å². The SMILES string of the molecule is COC(=O)/C=C/c1ccc2ccccc2c1-c1ccccc1[S@@](=O)c1ccc(C)cc1. The lowest BCUT2D eigenvalue weighted by Crippen LogP contribution is -1.98. The minimum Gasteiger partial charge on any atom is -0.466 e. The maximum Gasteiger partial charge on any atom is 0.330 e. The number of aryl methyl sites for hydroxylation is 1. The van der Waals surface area contributed by atoms with Crippen molar-refractivity contribution in [3.63, 3.8) is 0 Å². The van der Waals surface area contributed by atoms with Crippen molar-refractivity contribution in [1.82, 2.24) is 0 Å². The summed E-state index contributed by atoms with van der Waals surface area (Å²) in [5.74, 6) is -0.421. The quantitative estimate of drug-likeness (QED) is 0.283. The fraction of sp³-hybridized carbons (Fsp3) is 0.0741. The number of hydrogen-bond acceptors (Lipinski definition) is 3. The molecule has 31 heavy (non-hydrogen) atoms. The molecule has 4 rings (SSSR count). The van der Waals surface area contributed by atoms with Crippen molar-refractivity contribution in [2.45, 2.75) is 16.7 Å². The molecule has 0 spiro atoms. The number of carbonyl (C=O) groups is 1. The first kappa shape index (κ1) is 20.8. The summed E-state index contributed by atoms with van der Waals surface area (Å²) in [7, 11) is 0.00682. The predicted octanol–water partition coefficient (Wildman–Crippen LogP) is 6.17. The van der Waals surface area contributed by atoms with Crippen LogP contribution in [0.5, 0.6) is 0 Å². The van der Waals surface area contributed by atoms with Gasteiger partial charge in [-0.3, -0.25) is 0 Å². The summed E-state index contributed by atoms with van der Waals surface area (Å²) >= 11 is 0. The number of ether oxygens (including phenoxy) is 1. The van der Waals surface area contributed by atoms with E-state index in [2.05, 4.69) is 0 Å². The molecule has 0 unspecified atom stereocenters. The molecular weight excluding hydrogens is 404 g/mol. The molecule has 0 saturated heterocycles. The molecule has 4 aromatic rings. The highest BCUT2D eigenvalue weighted by molar-refractivity contribution is 7.85. The molecule has 3 nitrogen and oxygen atoms in total. The minimum absolute atomic E-state index is 0.421. The lowest BCUT2D eigenvalue weighted by atomic mass is 9.93. The van der Waals surface area contributed by atoms with Crippen LogP contribution >= 0.6 is 0 Å². The van der Waals surface area contributed by atoms with Gasteiger partial charge in [0.05, 0.1) is 22.8 Å². The summed E-state index contributed by atoms with van der Waals surface area (Å²) < 4.78 is 18.3. The number of fused-ring (bicyclic) bond motifs is 1. The van der Waals surface area contributed by atoms with Gasteiger partial charge < -0.3 is 4.74 Å². The van der Waals surface area contributed by atoms with Crippen molar-refractivity contribution < 1.29 is 13.7 Å². The molecule has 0 bridgehead atoms. The molecule has 4 aromatic carbocycles. The average molecular weight is 427 g/mol. The van der Waals surface area contributed by atoms with Gasteiger partial charge in [0.2, 0.25) is 0 Å². The second kappa shape index (κ2) is 9.11. The van der Waals surface area contributed by atoms with Gasteiger partial charge in [0, 0.05) is 11.0 Å². The van der Waals surface area contributed by atoms with Crippen LogP contribution in [0.25, 0.3) is 28.0 Å². The number of methoxy groups -OCH3 is 1. The third kappa shape index (κ3) is 4.35. The fourth-order valence-corrected chi connectivity index (χ4v) is 4.79. The first-order valence-corrected chi connectivity index (χ1v) is 11.1. The minimum atomic E-state index is -1.35. The molecule has 1 atom stereocenters. The highest BCUT2D eigenvalue weighted by Gasteiger charge is 2.17. The first-order valence-electron chi connectivity index (χ1n) is 9.94. The van der Waals surface area contributed by atoms with Gasteiger partial charge in [-0.15, -0.1) is 0 Å². The Hall–Kier alpha value is -3.50. The van der Waals surface area contributed by atoms with E-state index in [4.69, 9.17) is 4.74 Å². The number of benzene rings is 4. The Bertz CT molecular complexity index is 1300. The maximum absolute atomic E-state index is 13.5. The first-order chi connectivity index (χ1) is 15.1. The topological polar surface area (TPSA) is 43.4 Å². The van der Waals surface area contributed by atoms with Crippen LogP contribution in [0.1, 0.15) is 11.1 Å². The molecule has 0 aromatic heterocycles. The molecule has 0 heterocycles. The monoisotopic (exact) mass is 426 g/mol. The van der Waals surface area contributed by atoms with Crippen molar-refractivity contribution in [1.29, 1.82) is 0 Å². The molecule has 0 aliphatic heterocycles. The summed E-state index contributed by atoms with van der Waals surface area (Å²) in [6.45, 7) is 2.01. The zero-order valence-corrected chi connectivity index (χ0v) is 18.2. The number of esters is 1. The zero-order chi connectivity index (χ0) is 21.8. The van der Waals surface area contributed by atoms with Crippen LogP contribution in [0.4, 0.5) is 0 Å².